The normalized spacial score (nSPS) is 12.5. The zero-order valence-corrected chi connectivity index (χ0v) is 11.5. The smallest absolute Gasteiger partial charge is 0.141 e. The van der Waals surface area contributed by atoms with Gasteiger partial charge in [-0.2, -0.15) is 0 Å². The quantitative estimate of drug-likeness (QED) is 0.874. The van der Waals surface area contributed by atoms with Gasteiger partial charge in [-0.05, 0) is 34.8 Å². The standard InChI is InChI=1S/C11H18BrN3O/c1-4-8(6-16-3)15-11-10(12)7(2)9(13)5-14-11/h5,8H,4,6,13H2,1-3H3,(H,14,15). The van der Waals surface area contributed by atoms with Crippen LogP contribution in [0.5, 0.6) is 0 Å². The summed E-state index contributed by atoms with van der Waals surface area (Å²) in [4.78, 5) is 4.27. The van der Waals surface area contributed by atoms with Gasteiger partial charge >= 0.3 is 0 Å². The first kappa shape index (κ1) is 13.3. The molecule has 0 saturated carbocycles. The summed E-state index contributed by atoms with van der Waals surface area (Å²) in [6.45, 7) is 4.73. The molecule has 0 fully saturated rings. The van der Waals surface area contributed by atoms with Crippen molar-refractivity contribution in [3.8, 4) is 0 Å². The van der Waals surface area contributed by atoms with Gasteiger partial charge in [0.05, 0.1) is 29.0 Å². The van der Waals surface area contributed by atoms with Crippen LogP contribution in [0.15, 0.2) is 10.7 Å². The van der Waals surface area contributed by atoms with Gasteiger partial charge in [0.1, 0.15) is 5.82 Å². The van der Waals surface area contributed by atoms with Gasteiger partial charge in [-0.15, -0.1) is 0 Å². The second-order valence-electron chi connectivity index (χ2n) is 3.71. The number of halogens is 1. The second kappa shape index (κ2) is 6.06. The van der Waals surface area contributed by atoms with E-state index in [4.69, 9.17) is 10.5 Å². The highest BCUT2D eigenvalue weighted by atomic mass is 79.9. The Morgan fingerprint density at radius 3 is 2.88 bits per heavy atom. The second-order valence-corrected chi connectivity index (χ2v) is 4.50. The molecule has 1 unspecified atom stereocenters. The van der Waals surface area contributed by atoms with E-state index in [9.17, 15) is 0 Å². The molecular formula is C11H18BrN3O. The van der Waals surface area contributed by atoms with Crippen molar-refractivity contribution in [3.63, 3.8) is 0 Å². The number of nitrogens with zero attached hydrogens (tertiary/aromatic N) is 1. The Morgan fingerprint density at radius 1 is 1.62 bits per heavy atom. The monoisotopic (exact) mass is 287 g/mol. The molecule has 0 spiro atoms. The Balaban J connectivity index is 2.84. The average molecular weight is 288 g/mol. The molecule has 5 heteroatoms. The van der Waals surface area contributed by atoms with Crippen molar-refractivity contribution < 1.29 is 4.74 Å². The van der Waals surface area contributed by atoms with Crippen molar-refractivity contribution in [2.45, 2.75) is 26.3 Å². The minimum atomic E-state index is 0.261. The zero-order chi connectivity index (χ0) is 12.1. The Labute approximate surface area is 105 Å². The summed E-state index contributed by atoms with van der Waals surface area (Å²) in [7, 11) is 1.70. The molecular weight excluding hydrogens is 270 g/mol. The third kappa shape index (κ3) is 3.09. The maximum Gasteiger partial charge on any atom is 0.141 e. The van der Waals surface area contributed by atoms with Gasteiger partial charge in [0, 0.05) is 7.11 Å². The van der Waals surface area contributed by atoms with Crippen molar-refractivity contribution in [1.29, 1.82) is 0 Å². The molecule has 0 bridgehead atoms. The van der Waals surface area contributed by atoms with E-state index >= 15 is 0 Å². The highest BCUT2D eigenvalue weighted by Crippen LogP contribution is 2.28. The first-order chi connectivity index (χ1) is 7.60. The summed E-state index contributed by atoms with van der Waals surface area (Å²) < 4.78 is 6.05. The molecule has 16 heavy (non-hydrogen) atoms. The molecule has 1 heterocycles. The third-order valence-electron chi connectivity index (χ3n) is 2.50. The number of rotatable bonds is 5. The number of nitrogens with two attached hydrogens (primary N) is 1. The van der Waals surface area contributed by atoms with E-state index in [1.54, 1.807) is 13.3 Å². The maximum absolute atomic E-state index is 5.77. The lowest BCUT2D eigenvalue weighted by atomic mass is 10.2. The number of hydrogen-bond acceptors (Lipinski definition) is 4. The van der Waals surface area contributed by atoms with Gasteiger partial charge < -0.3 is 15.8 Å². The van der Waals surface area contributed by atoms with Crippen LogP contribution in [-0.2, 0) is 4.74 Å². The van der Waals surface area contributed by atoms with Gasteiger partial charge in [0.2, 0.25) is 0 Å². The van der Waals surface area contributed by atoms with E-state index in [1.165, 1.54) is 0 Å². The van der Waals surface area contributed by atoms with E-state index in [2.05, 4.69) is 33.2 Å². The van der Waals surface area contributed by atoms with Gasteiger partial charge in [0.15, 0.2) is 0 Å². The Bertz CT molecular complexity index is 357. The number of nitrogens with one attached hydrogen (secondary N) is 1. The highest BCUT2D eigenvalue weighted by Gasteiger charge is 2.11. The molecule has 1 rings (SSSR count). The number of nitrogen functional groups attached to an aromatic ring is 1. The molecule has 3 N–H and O–H groups in total. The Hall–Kier alpha value is -0.810. The Morgan fingerprint density at radius 2 is 2.31 bits per heavy atom. The number of ether oxygens (including phenoxy) is 1. The van der Waals surface area contributed by atoms with Gasteiger partial charge in [-0.25, -0.2) is 4.98 Å². The summed E-state index contributed by atoms with van der Waals surface area (Å²) in [6, 6.07) is 0.261. The molecule has 4 nitrogen and oxygen atoms in total. The van der Waals surface area contributed by atoms with Crippen molar-refractivity contribution >= 4 is 27.4 Å². The molecule has 0 aliphatic heterocycles. The highest BCUT2D eigenvalue weighted by molar-refractivity contribution is 9.10. The first-order valence-electron chi connectivity index (χ1n) is 5.26. The van der Waals surface area contributed by atoms with Crippen LogP contribution in [0.25, 0.3) is 0 Å². The zero-order valence-electron chi connectivity index (χ0n) is 9.88. The molecule has 1 aromatic heterocycles. The molecule has 0 aromatic carbocycles. The van der Waals surface area contributed by atoms with E-state index in [-0.39, 0.29) is 6.04 Å². The summed E-state index contributed by atoms with van der Waals surface area (Å²) >= 11 is 3.49. The molecule has 0 aliphatic carbocycles. The maximum atomic E-state index is 5.77. The molecule has 1 atom stereocenters. The van der Waals surface area contributed by atoms with Crippen LogP contribution in [0.2, 0.25) is 0 Å². The summed E-state index contributed by atoms with van der Waals surface area (Å²) in [5.74, 6) is 0.815. The molecule has 90 valence electrons. The van der Waals surface area contributed by atoms with Crippen molar-refractivity contribution in [1.82, 2.24) is 4.98 Å². The Kier molecular flexibility index (Phi) is 5.02. The lowest BCUT2D eigenvalue weighted by Crippen LogP contribution is -2.24. The molecule has 1 aromatic rings. The lowest BCUT2D eigenvalue weighted by molar-refractivity contribution is 0.184. The molecule has 0 aliphatic rings. The van der Waals surface area contributed by atoms with Crippen LogP contribution in [0.1, 0.15) is 18.9 Å². The number of aromatic nitrogens is 1. The number of pyridine rings is 1. The van der Waals surface area contributed by atoms with Gasteiger partial charge in [0.25, 0.3) is 0 Å². The largest absolute Gasteiger partial charge is 0.397 e. The fraction of sp³-hybridized carbons (Fsp3) is 0.545. The van der Waals surface area contributed by atoms with Gasteiger partial charge in [-0.1, -0.05) is 6.92 Å². The molecule has 0 amide bonds. The number of anilines is 2. The van der Waals surface area contributed by atoms with Crippen LogP contribution in [-0.4, -0.2) is 24.7 Å². The van der Waals surface area contributed by atoms with Crippen LogP contribution < -0.4 is 11.1 Å². The predicted molar refractivity (Wildman–Crippen MR) is 70.7 cm³/mol. The van der Waals surface area contributed by atoms with Crippen LogP contribution in [0.4, 0.5) is 11.5 Å². The van der Waals surface area contributed by atoms with Crippen molar-refractivity contribution in [3.05, 3.63) is 16.2 Å². The van der Waals surface area contributed by atoms with Crippen LogP contribution in [0, 0.1) is 6.92 Å². The fourth-order valence-corrected chi connectivity index (χ4v) is 1.79. The van der Waals surface area contributed by atoms with Crippen molar-refractivity contribution in [2.75, 3.05) is 24.8 Å². The number of methoxy groups -OCH3 is 1. The van der Waals surface area contributed by atoms with Crippen LogP contribution >= 0.6 is 15.9 Å². The average Bonchev–Trinajstić information content (AvgIpc) is 2.29. The number of hydrogen-bond donors (Lipinski definition) is 2. The first-order valence-corrected chi connectivity index (χ1v) is 6.05. The summed E-state index contributed by atoms with van der Waals surface area (Å²) in [6.07, 6.45) is 2.65. The lowest BCUT2D eigenvalue weighted by Gasteiger charge is -2.18. The SMILES string of the molecule is CCC(COC)Nc1ncc(N)c(C)c1Br. The molecule has 0 saturated heterocycles. The summed E-state index contributed by atoms with van der Waals surface area (Å²) in [5, 5.41) is 3.33. The fourth-order valence-electron chi connectivity index (χ4n) is 1.35. The van der Waals surface area contributed by atoms with E-state index < -0.39 is 0 Å². The minimum Gasteiger partial charge on any atom is -0.397 e. The van der Waals surface area contributed by atoms with Crippen molar-refractivity contribution in [2.24, 2.45) is 0 Å². The predicted octanol–water partition coefficient (Wildman–Crippen LogP) is 2.57. The topological polar surface area (TPSA) is 60.2 Å². The van der Waals surface area contributed by atoms with Crippen LogP contribution in [0.3, 0.4) is 0 Å². The summed E-state index contributed by atoms with van der Waals surface area (Å²) in [5.41, 5.74) is 7.46. The van der Waals surface area contributed by atoms with Gasteiger partial charge in [-0.3, -0.25) is 0 Å². The van der Waals surface area contributed by atoms with E-state index in [0.29, 0.717) is 12.3 Å². The van der Waals surface area contributed by atoms with E-state index in [0.717, 1.165) is 22.3 Å². The third-order valence-corrected chi connectivity index (χ3v) is 3.47. The molecule has 0 radical (unpaired) electrons. The van der Waals surface area contributed by atoms with E-state index in [1.807, 2.05) is 6.92 Å². The minimum absolute atomic E-state index is 0.261.